The fourth-order valence-corrected chi connectivity index (χ4v) is 15.8. The number of ether oxygens (including phenoxy) is 5. The summed E-state index contributed by atoms with van der Waals surface area (Å²) in [6.07, 6.45) is -7.67. The number of aliphatic hydroxyl groups excluding tert-OH is 2. The third-order valence-corrected chi connectivity index (χ3v) is 20.5. The normalized spacial score (nSPS) is 24.2. The zero-order valence-corrected chi connectivity index (χ0v) is 55.7. The predicted octanol–water partition coefficient (Wildman–Crippen LogP) is 3.80. The summed E-state index contributed by atoms with van der Waals surface area (Å²) in [5, 5.41) is 77.7. The smallest absolute Gasteiger partial charge is 0.358 e. The van der Waals surface area contributed by atoms with E-state index in [1.165, 1.54) is 52.9 Å². The monoisotopic (exact) mass is 1420 g/mol. The van der Waals surface area contributed by atoms with Crippen molar-refractivity contribution in [1.82, 2.24) is 66.1 Å². The van der Waals surface area contributed by atoms with Crippen molar-refractivity contribution in [2.24, 2.45) is 5.73 Å². The minimum absolute atomic E-state index is 0.00394. The highest BCUT2D eigenvalue weighted by Gasteiger charge is 2.50. The first-order chi connectivity index (χ1) is 46.1. The summed E-state index contributed by atoms with van der Waals surface area (Å²) in [5.74, 6) is -9.10. The third kappa shape index (κ3) is 13.3. The van der Waals surface area contributed by atoms with Gasteiger partial charge in [0.15, 0.2) is 18.1 Å². The van der Waals surface area contributed by atoms with Crippen LogP contribution in [0, 0.1) is 0 Å². The number of rotatable bonds is 8. The molecular weight excluding hydrogens is 1370 g/mol. The van der Waals surface area contributed by atoms with E-state index in [1.807, 2.05) is 0 Å². The van der Waals surface area contributed by atoms with Gasteiger partial charge in [0.1, 0.15) is 120 Å². The molecule has 6 amide bonds. The van der Waals surface area contributed by atoms with Crippen LogP contribution in [0.5, 0.6) is 5.75 Å². The van der Waals surface area contributed by atoms with Crippen molar-refractivity contribution < 1.29 is 87.7 Å². The SMILES string of the molecule is C=C(NC(=O)c1csc(-c2nc3c(cc2O)-c2nc(cs2)C(=O)NC(C(C)O)C(=O)N/C(=C(\C)O)c2nc(cs2)C(=O)NC2c4nc(cs4)C(=O)NC(COC(=O)c4c5c6c(cccc6n4O)COC(=O)[C@@H](OC4C[C@](C)(O)[C@H](N(C)C)[C@H](C)O4)C2OC5)c2nc-3cs2)n1)C(N)=O. The lowest BCUT2D eigenvalue weighted by atomic mass is 9.85. The highest BCUT2D eigenvalue weighted by Crippen LogP contribution is 2.43. The molecule has 12 rings (SSSR count). The van der Waals surface area contributed by atoms with E-state index in [-0.39, 0.29) is 105 Å². The van der Waals surface area contributed by atoms with Crippen LogP contribution in [-0.4, -0.2) is 182 Å². The lowest BCUT2D eigenvalue weighted by Gasteiger charge is -2.48. The van der Waals surface area contributed by atoms with Gasteiger partial charge in [0.2, 0.25) is 5.91 Å². The molecule has 32 nitrogen and oxygen atoms in total. The van der Waals surface area contributed by atoms with Gasteiger partial charge < -0.3 is 86.5 Å². The number of fused-ring (bicyclic) bond motifs is 15. The Morgan fingerprint density at radius 3 is 2.23 bits per heavy atom. The number of hydrogen-bond donors (Lipinski definition) is 11. The molecule has 97 heavy (non-hydrogen) atoms. The average Bonchev–Trinajstić information content (AvgIpc) is 1.65. The molecular formula is C60H58N14O18S5. The van der Waals surface area contributed by atoms with Gasteiger partial charge in [0.25, 0.3) is 29.5 Å². The number of thiazole rings is 5. The van der Waals surface area contributed by atoms with E-state index in [2.05, 4.69) is 48.1 Å². The molecule has 7 aromatic heterocycles. The van der Waals surface area contributed by atoms with Crippen molar-refractivity contribution in [3.63, 3.8) is 0 Å². The Hall–Kier alpha value is -9.54. The number of likely N-dealkylation sites (N-methyl/N-ethyl adjacent to an activating group) is 1. The van der Waals surface area contributed by atoms with Gasteiger partial charge in [-0.05, 0) is 59.5 Å². The number of aromatic nitrogens is 7. The summed E-state index contributed by atoms with van der Waals surface area (Å²) in [6.45, 7) is 7.30. The second-order valence-electron chi connectivity index (χ2n) is 23.2. The first kappa shape index (κ1) is 67.4. The van der Waals surface area contributed by atoms with Crippen LogP contribution in [0.4, 0.5) is 0 Å². The first-order valence-electron chi connectivity index (χ1n) is 29.3. The van der Waals surface area contributed by atoms with E-state index in [0.717, 1.165) is 56.7 Å². The zero-order valence-electron chi connectivity index (χ0n) is 51.7. The van der Waals surface area contributed by atoms with Crippen molar-refractivity contribution in [1.29, 1.82) is 0 Å². The van der Waals surface area contributed by atoms with Gasteiger partial charge in [-0.15, -0.1) is 56.7 Å². The Morgan fingerprint density at radius 2 is 1.52 bits per heavy atom. The Morgan fingerprint density at radius 1 is 0.856 bits per heavy atom. The van der Waals surface area contributed by atoms with Crippen molar-refractivity contribution in [3.8, 4) is 38.4 Å². The number of nitrogens with zero attached hydrogens (tertiary/aromatic N) is 8. The number of pyridine rings is 1. The number of primary amides is 1. The standard InChI is InChI=1S/C60H58N14O18S5/c1-21(47(61)78)62-48(79)30-18-96-56(67-30)41-35(77)11-26-40(69-41)29-16-94-54(64-29)28-15-90-58(84)43-27-14-88-44(45(92-36-12-60(5,86)46(73(6)7)24(4)91-36)59(85)89-13-25-9-8-10-34(37(25)27)74(43)87)42(57-68-31(19-97-57)49(80)63-28)72-51(82)33-20-95-55(66-33)39(23(3)76)71-52(83)38(22(2)75)70-50(81)32-17-93-53(26)65-32/h8-11,16-20,22,24,28,36,38,42,44-46,75-77,86-87H,1,12-15H2,2-7H3,(H2,61,78)(H,62,79)(H,63,80)(H,70,81)(H,71,83)(H,72,82)/b39-23+/t22?,24-,28?,36?,38?,42?,44?,45-,46+,60-/m0/s1. The summed E-state index contributed by atoms with van der Waals surface area (Å²) in [6, 6.07) is 0.489. The van der Waals surface area contributed by atoms with Crippen molar-refractivity contribution in [2.75, 3.05) is 20.7 Å². The summed E-state index contributed by atoms with van der Waals surface area (Å²) in [5.41, 5.74) is 1.51. The molecule has 0 aliphatic carbocycles. The second-order valence-corrected chi connectivity index (χ2v) is 27.5. The lowest BCUT2D eigenvalue weighted by molar-refractivity contribution is -0.280. The number of allylic oxidation sites excluding steroid dienone is 1. The Bertz CT molecular complexity index is 4580. The van der Waals surface area contributed by atoms with Crippen LogP contribution >= 0.6 is 56.7 Å². The summed E-state index contributed by atoms with van der Waals surface area (Å²) < 4.78 is 32.5. The summed E-state index contributed by atoms with van der Waals surface area (Å²) in [7, 11) is 3.52. The van der Waals surface area contributed by atoms with Crippen molar-refractivity contribution in [3.05, 3.63) is 124 Å². The van der Waals surface area contributed by atoms with Gasteiger partial charge >= 0.3 is 11.9 Å². The summed E-state index contributed by atoms with van der Waals surface area (Å²) >= 11 is 4.31. The number of aliphatic hydroxyl groups is 3. The molecule has 4 aliphatic rings. The molecule has 12 bridgehead atoms. The van der Waals surface area contributed by atoms with Crippen LogP contribution in [0.1, 0.15) is 125 Å². The minimum atomic E-state index is -1.94. The number of nitrogens with one attached hydrogen (secondary N) is 5. The van der Waals surface area contributed by atoms with Crippen molar-refractivity contribution in [2.45, 2.75) is 108 Å². The van der Waals surface area contributed by atoms with E-state index >= 15 is 9.59 Å². The van der Waals surface area contributed by atoms with Gasteiger partial charge in [-0.1, -0.05) is 18.7 Å². The van der Waals surface area contributed by atoms with Crippen LogP contribution in [0.2, 0.25) is 0 Å². The highest BCUT2D eigenvalue weighted by atomic mass is 32.1. The van der Waals surface area contributed by atoms with Crippen LogP contribution < -0.4 is 32.3 Å². The average molecular weight is 1420 g/mol. The van der Waals surface area contributed by atoms with Crippen molar-refractivity contribution >= 4 is 121 Å². The Labute approximate surface area is 567 Å². The number of carbonyl (C=O) groups is 8. The molecule has 0 radical (unpaired) electrons. The fraction of sp³-hybridized carbons (Fsp3) is 0.333. The van der Waals surface area contributed by atoms with Crippen LogP contribution in [0.25, 0.3) is 49.3 Å². The number of cyclic esters (lactones) is 2. The molecule has 8 aromatic rings. The van der Waals surface area contributed by atoms with E-state index in [4.69, 9.17) is 44.4 Å². The molecule has 0 saturated carbocycles. The minimum Gasteiger partial charge on any atom is -0.510 e. The molecule has 11 heterocycles. The molecule has 6 unspecified atom stereocenters. The Balaban J connectivity index is 1.04. The molecule has 4 aliphatic heterocycles. The van der Waals surface area contributed by atoms with Gasteiger partial charge in [0, 0.05) is 49.8 Å². The molecule has 12 N–H and O–H groups in total. The number of carbonyl (C=O) groups excluding carboxylic acids is 8. The van der Waals surface area contributed by atoms with Gasteiger partial charge in [-0.3, -0.25) is 28.8 Å². The number of esters is 2. The summed E-state index contributed by atoms with van der Waals surface area (Å²) in [4.78, 5) is 143. The zero-order chi connectivity index (χ0) is 69.2. The first-order valence-corrected chi connectivity index (χ1v) is 33.7. The lowest BCUT2D eigenvalue weighted by Crippen LogP contribution is -2.62. The van der Waals surface area contributed by atoms with Crippen LogP contribution in [0.3, 0.4) is 0 Å². The molecule has 37 heteroatoms. The molecule has 1 aromatic carbocycles. The van der Waals surface area contributed by atoms with Gasteiger partial charge in [-0.2, -0.15) is 4.73 Å². The maximum atomic E-state index is 15.1. The predicted molar refractivity (Wildman–Crippen MR) is 346 cm³/mol. The quantitative estimate of drug-likeness (QED) is 0.0446. The second kappa shape index (κ2) is 26.8. The molecule has 10 atom stereocenters. The maximum Gasteiger partial charge on any atom is 0.358 e. The maximum absolute atomic E-state index is 15.1. The topological polar surface area (TPSA) is 456 Å². The number of aromatic hydroxyl groups is 1. The largest absolute Gasteiger partial charge is 0.510 e. The molecule has 1 fully saturated rings. The Kier molecular flexibility index (Phi) is 18.6. The highest BCUT2D eigenvalue weighted by molar-refractivity contribution is 7.14. The van der Waals surface area contributed by atoms with Crippen LogP contribution in [-0.2, 0) is 51.3 Å². The number of amides is 6. The fourth-order valence-electron chi connectivity index (χ4n) is 11.6. The molecule has 1 saturated heterocycles. The van der Waals surface area contributed by atoms with Crippen LogP contribution in [0.15, 0.2) is 69.2 Å². The molecule has 0 spiro atoms. The van der Waals surface area contributed by atoms with Gasteiger partial charge in [-0.25, -0.2) is 39.5 Å². The van der Waals surface area contributed by atoms with Gasteiger partial charge in [0.05, 0.1) is 41.7 Å². The molecule has 506 valence electrons. The van der Waals surface area contributed by atoms with E-state index in [0.29, 0.717) is 4.73 Å². The number of nitrogens with two attached hydrogens (primary N) is 1. The van der Waals surface area contributed by atoms with E-state index < -0.39 is 151 Å². The third-order valence-electron chi connectivity index (χ3n) is 16.0. The van der Waals surface area contributed by atoms with E-state index in [1.54, 1.807) is 45.0 Å². The number of hydrogen-bond acceptors (Lipinski definition) is 30. The van der Waals surface area contributed by atoms with E-state index in [9.17, 15) is 54.4 Å². The number of benzene rings is 1.